The fourth-order valence-corrected chi connectivity index (χ4v) is 2.14. The second-order valence-corrected chi connectivity index (χ2v) is 4.47. The predicted octanol–water partition coefficient (Wildman–Crippen LogP) is 3.35. The SMILES string of the molecule is CCc1oc2ccccc2c1/C=N\NC(=O)c1ccco1. The van der Waals surface area contributed by atoms with E-state index in [0.29, 0.717) is 0 Å². The summed E-state index contributed by atoms with van der Waals surface area (Å²) in [7, 11) is 0. The minimum Gasteiger partial charge on any atom is -0.460 e. The van der Waals surface area contributed by atoms with E-state index in [2.05, 4.69) is 10.5 Å². The summed E-state index contributed by atoms with van der Waals surface area (Å²) in [5.74, 6) is 0.675. The van der Waals surface area contributed by atoms with Crippen LogP contribution in [0.1, 0.15) is 28.8 Å². The molecule has 0 saturated carbocycles. The summed E-state index contributed by atoms with van der Waals surface area (Å²) in [5.41, 5.74) is 4.13. The Balaban J connectivity index is 1.84. The van der Waals surface area contributed by atoms with E-state index in [9.17, 15) is 4.79 Å². The molecule has 2 heterocycles. The van der Waals surface area contributed by atoms with E-state index in [1.54, 1.807) is 18.3 Å². The molecule has 0 radical (unpaired) electrons. The van der Waals surface area contributed by atoms with E-state index < -0.39 is 0 Å². The zero-order chi connectivity index (χ0) is 14.7. The molecule has 0 spiro atoms. The third kappa shape index (κ3) is 2.58. The van der Waals surface area contributed by atoms with E-state index in [-0.39, 0.29) is 11.7 Å². The van der Waals surface area contributed by atoms with Gasteiger partial charge in [0.2, 0.25) is 0 Å². The van der Waals surface area contributed by atoms with Crippen molar-refractivity contribution < 1.29 is 13.6 Å². The molecule has 3 aromatic rings. The Hall–Kier alpha value is -2.82. The van der Waals surface area contributed by atoms with E-state index in [1.165, 1.54) is 6.26 Å². The minimum atomic E-state index is -0.387. The second kappa shape index (κ2) is 5.66. The van der Waals surface area contributed by atoms with Gasteiger partial charge in [-0.2, -0.15) is 5.10 Å². The number of carbonyl (C=O) groups excluding carboxylic acids is 1. The lowest BCUT2D eigenvalue weighted by Gasteiger charge is -1.96. The fraction of sp³-hybridized carbons (Fsp3) is 0.125. The molecule has 0 fully saturated rings. The molecule has 0 unspecified atom stereocenters. The number of hydrazone groups is 1. The monoisotopic (exact) mass is 282 g/mol. The predicted molar refractivity (Wildman–Crippen MR) is 79.4 cm³/mol. The molecule has 1 amide bonds. The Kier molecular flexibility index (Phi) is 3.55. The minimum absolute atomic E-state index is 0.222. The van der Waals surface area contributed by atoms with Gasteiger partial charge in [0.25, 0.3) is 0 Å². The van der Waals surface area contributed by atoms with Crippen molar-refractivity contribution in [2.45, 2.75) is 13.3 Å². The number of hydrogen-bond donors (Lipinski definition) is 1. The molecule has 0 aliphatic carbocycles. The molecule has 5 heteroatoms. The highest BCUT2D eigenvalue weighted by Gasteiger charge is 2.11. The average Bonchev–Trinajstić information content (AvgIpc) is 3.14. The quantitative estimate of drug-likeness (QED) is 0.589. The van der Waals surface area contributed by atoms with Crippen LogP contribution in [-0.4, -0.2) is 12.1 Å². The molecule has 0 saturated heterocycles. The Morgan fingerprint density at radius 2 is 2.14 bits per heavy atom. The van der Waals surface area contributed by atoms with Gasteiger partial charge in [-0.3, -0.25) is 4.79 Å². The van der Waals surface area contributed by atoms with Crippen LogP contribution in [0.25, 0.3) is 11.0 Å². The number of nitrogens with zero attached hydrogens (tertiary/aromatic N) is 1. The smallest absolute Gasteiger partial charge is 0.307 e. The van der Waals surface area contributed by atoms with Gasteiger partial charge in [-0.15, -0.1) is 0 Å². The Bertz CT molecular complexity index is 785. The van der Waals surface area contributed by atoms with Crippen LogP contribution in [0.4, 0.5) is 0 Å². The van der Waals surface area contributed by atoms with Gasteiger partial charge in [0, 0.05) is 17.4 Å². The highest BCUT2D eigenvalue weighted by molar-refractivity contribution is 6.00. The van der Waals surface area contributed by atoms with Crippen molar-refractivity contribution in [3.05, 3.63) is 59.7 Å². The molecule has 0 aliphatic rings. The van der Waals surface area contributed by atoms with E-state index in [4.69, 9.17) is 8.83 Å². The van der Waals surface area contributed by atoms with E-state index in [0.717, 1.165) is 28.7 Å². The molecule has 0 atom stereocenters. The lowest BCUT2D eigenvalue weighted by atomic mass is 10.1. The van der Waals surface area contributed by atoms with Crippen molar-refractivity contribution in [2.24, 2.45) is 5.10 Å². The van der Waals surface area contributed by atoms with Crippen molar-refractivity contribution in [1.29, 1.82) is 0 Å². The number of amides is 1. The van der Waals surface area contributed by atoms with Crippen LogP contribution >= 0.6 is 0 Å². The number of aryl methyl sites for hydroxylation is 1. The van der Waals surface area contributed by atoms with Crippen LogP contribution < -0.4 is 5.43 Å². The normalized spacial score (nSPS) is 11.3. The molecule has 2 aromatic heterocycles. The highest BCUT2D eigenvalue weighted by Crippen LogP contribution is 2.24. The lowest BCUT2D eigenvalue weighted by molar-refractivity contribution is 0.0927. The van der Waals surface area contributed by atoms with Crippen molar-refractivity contribution in [3.8, 4) is 0 Å². The zero-order valence-corrected chi connectivity index (χ0v) is 11.5. The maximum atomic E-state index is 11.7. The molecule has 1 N–H and O–H groups in total. The second-order valence-electron chi connectivity index (χ2n) is 4.47. The first-order valence-corrected chi connectivity index (χ1v) is 6.67. The number of benzene rings is 1. The summed E-state index contributed by atoms with van der Waals surface area (Å²) in [5, 5.41) is 4.96. The van der Waals surface area contributed by atoms with E-state index in [1.807, 2.05) is 31.2 Å². The van der Waals surface area contributed by atoms with Crippen molar-refractivity contribution in [2.75, 3.05) is 0 Å². The topological polar surface area (TPSA) is 67.7 Å². The molecule has 3 rings (SSSR count). The molecule has 106 valence electrons. The summed E-state index contributed by atoms with van der Waals surface area (Å²) < 4.78 is 10.7. The largest absolute Gasteiger partial charge is 0.460 e. The number of para-hydroxylation sites is 1. The van der Waals surface area contributed by atoms with Crippen molar-refractivity contribution in [1.82, 2.24) is 5.43 Å². The van der Waals surface area contributed by atoms with Crippen LogP contribution in [0, 0.1) is 0 Å². The van der Waals surface area contributed by atoms with E-state index >= 15 is 0 Å². The highest BCUT2D eigenvalue weighted by atomic mass is 16.3. The van der Waals surface area contributed by atoms with Gasteiger partial charge < -0.3 is 8.83 Å². The molecular weight excluding hydrogens is 268 g/mol. The first-order valence-electron chi connectivity index (χ1n) is 6.67. The zero-order valence-electron chi connectivity index (χ0n) is 11.5. The number of nitrogens with one attached hydrogen (secondary N) is 1. The standard InChI is InChI=1S/C16H14N2O3/c1-2-13-12(11-6-3-4-7-14(11)21-13)10-17-18-16(19)15-8-5-9-20-15/h3-10H,2H2,1H3,(H,18,19)/b17-10-. The Morgan fingerprint density at radius 1 is 1.29 bits per heavy atom. The van der Waals surface area contributed by atoms with Gasteiger partial charge >= 0.3 is 5.91 Å². The van der Waals surface area contributed by atoms with Gasteiger partial charge in [-0.25, -0.2) is 5.43 Å². The molecule has 0 aliphatic heterocycles. The van der Waals surface area contributed by atoms with Gasteiger partial charge in [0.05, 0.1) is 12.5 Å². The summed E-state index contributed by atoms with van der Waals surface area (Å²) in [6, 6.07) is 11.0. The summed E-state index contributed by atoms with van der Waals surface area (Å²) in [6.45, 7) is 2.01. The number of carbonyl (C=O) groups is 1. The van der Waals surface area contributed by atoms with Gasteiger partial charge in [-0.05, 0) is 18.2 Å². The molecule has 21 heavy (non-hydrogen) atoms. The van der Waals surface area contributed by atoms with Gasteiger partial charge in [0.15, 0.2) is 5.76 Å². The average molecular weight is 282 g/mol. The summed E-state index contributed by atoms with van der Waals surface area (Å²) >= 11 is 0. The van der Waals surface area contributed by atoms with Crippen LogP contribution in [0.5, 0.6) is 0 Å². The van der Waals surface area contributed by atoms with Crippen LogP contribution in [0.3, 0.4) is 0 Å². The van der Waals surface area contributed by atoms with Crippen LogP contribution in [-0.2, 0) is 6.42 Å². The van der Waals surface area contributed by atoms with Crippen LogP contribution in [0.15, 0.2) is 56.6 Å². The molecule has 1 aromatic carbocycles. The van der Waals surface area contributed by atoms with Gasteiger partial charge in [0.1, 0.15) is 11.3 Å². The third-order valence-electron chi connectivity index (χ3n) is 3.14. The van der Waals surface area contributed by atoms with Crippen molar-refractivity contribution >= 4 is 23.1 Å². The van der Waals surface area contributed by atoms with Crippen LogP contribution in [0.2, 0.25) is 0 Å². The Labute approximate surface area is 121 Å². The summed E-state index contributed by atoms with van der Waals surface area (Å²) in [4.78, 5) is 11.7. The third-order valence-corrected chi connectivity index (χ3v) is 3.14. The molecule has 5 nitrogen and oxygen atoms in total. The molecular formula is C16H14N2O3. The summed E-state index contributed by atoms with van der Waals surface area (Å²) in [6.07, 6.45) is 3.80. The number of hydrogen-bond acceptors (Lipinski definition) is 4. The maximum absolute atomic E-state index is 11.7. The first-order chi connectivity index (χ1) is 10.3. The number of furan rings is 2. The number of fused-ring (bicyclic) bond motifs is 1. The molecule has 0 bridgehead atoms. The fourth-order valence-electron chi connectivity index (χ4n) is 2.14. The van der Waals surface area contributed by atoms with Gasteiger partial charge in [-0.1, -0.05) is 25.1 Å². The van der Waals surface area contributed by atoms with Crippen molar-refractivity contribution in [3.63, 3.8) is 0 Å². The maximum Gasteiger partial charge on any atom is 0.307 e. The lowest BCUT2D eigenvalue weighted by Crippen LogP contribution is -2.16. The first kappa shape index (κ1) is 13.2. The Morgan fingerprint density at radius 3 is 2.90 bits per heavy atom. The number of rotatable bonds is 4.